The molecule has 0 aliphatic carbocycles. The van der Waals surface area contributed by atoms with Gasteiger partial charge in [-0.25, -0.2) is 19.9 Å². The van der Waals surface area contributed by atoms with Crippen LogP contribution in [-0.2, 0) is 5.41 Å². The van der Waals surface area contributed by atoms with Crippen LogP contribution in [0.2, 0.25) is 0 Å². The Morgan fingerprint density at radius 3 is 0.720 bits per heavy atom. The van der Waals surface area contributed by atoms with Gasteiger partial charge in [0, 0.05) is 88.0 Å². The molecule has 0 amide bonds. The van der Waals surface area contributed by atoms with Gasteiger partial charge in [-0.2, -0.15) is 9.97 Å². The van der Waals surface area contributed by atoms with Crippen molar-refractivity contribution < 1.29 is 0 Å². The molecule has 0 fully saturated rings. The molecule has 18 aromatic carbocycles. The zero-order valence-corrected chi connectivity index (χ0v) is 67.9. The molecular weight excluding hydrogens is 1520 g/mol. The summed E-state index contributed by atoms with van der Waals surface area (Å²) < 4.78 is 9.28. The molecule has 6 aromatic heterocycles. The summed E-state index contributed by atoms with van der Waals surface area (Å²) in [7, 11) is 0. The van der Waals surface area contributed by atoms with Crippen LogP contribution >= 0.6 is 0 Å². The zero-order chi connectivity index (χ0) is 82.7. The number of hydrogen-bond donors (Lipinski definition) is 0. The summed E-state index contributed by atoms with van der Waals surface area (Å²) in [6, 6.07) is 163. The van der Waals surface area contributed by atoms with E-state index in [1.54, 1.807) is 0 Å². The summed E-state index contributed by atoms with van der Waals surface area (Å²) in [5.74, 6) is 3.69. The first-order valence-electron chi connectivity index (χ1n) is 42.3. The predicted octanol–water partition coefficient (Wildman–Crippen LogP) is 28.2. The van der Waals surface area contributed by atoms with Crippen LogP contribution < -0.4 is 0 Å². The maximum Gasteiger partial charge on any atom is 0.238 e. The van der Waals surface area contributed by atoms with E-state index in [0.29, 0.717) is 35.1 Å². The van der Waals surface area contributed by atoms with Crippen molar-refractivity contribution in [1.29, 1.82) is 0 Å². The minimum Gasteiger partial charge on any atom is -0.309 e. The van der Waals surface area contributed by atoms with Gasteiger partial charge in [0.15, 0.2) is 29.1 Å². The molecule has 0 saturated heterocycles. The predicted molar refractivity (Wildman–Crippen MR) is 513 cm³/mol. The lowest BCUT2D eigenvalue weighted by molar-refractivity contribution is 0.745. The Morgan fingerprint density at radius 2 is 0.376 bits per heavy atom. The van der Waals surface area contributed by atoms with Crippen LogP contribution in [0.4, 0.5) is 0 Å². The van der Waals surface area contributed by atoms with Gasteiger partial charge in [0.1, 0.15) is 0 Å². The van der Waals surface area contributed by atoms with Crippen LogP contribution in [-0.4, -0.2) is 48.2 Å². The Balaban J connectivity index is 0.000000147. The van der Waals surface area contributed by atoms with Crippen LogP contribution in [0.5, 0.6) is 0 Å². The highest BCUT2D eigenvalue weighted by atomic mass is 15.2. The van der Waals surface area contributed by atoms with Gasteiger partial charge in [-0.3, -0.25) is 4.57 Å². The highest BCUT2D eigenvalue weighted by Crippen LogP contribution is 2.48. The van der Waals surface area contributed by atoms with Crippen molar-refractivity contribution in [3.05, 3.63) is 483 Å². The number of hydrogen-bond acceptors (Lipinski definition) is 6. The van der Waals surface area contributed by atoms with Gasteiger partial charge in [-0.1, -0.05) is 334 Å². The van der Waals surface area contributed by atoms with Crippen molar-refractivity contribution in [2.45, 2.75) is 5.41 Å². The number of para-hydroxylation sites is 6. The van der Waals surface area contributed by atoms with Gasteiger partial charge in [0.05, 0.1) is 49.5 Å². The van der Waals surface area contributed by atoms with Gasteiger partial charge in [-0.15, -0.1) is 0 Å². The molecule has 24 rings (SSSR count). The number of nitrogens with zero attached hydrogens (tertiary/aromatic N) is 10. The van der Waals surface area contributed by atoms with E-state index in [1.165, 1.54) is 82.2 Å². The highest BCUT2D eigenvalue weighted by Gasteiger charge is 2.39. The second kappa shape index (κ2) is 31.1. The number of fused-ring (bicyclic) bond motifs is 12. The van der Waals surface area contributed by atoms with Crippen molar-refractivity contribution in [3.8, 4) is 102 Å². The van der Waals surface area contributed by atoms with E-state index in [4.69, 9.17) is 29.9 Å². The molecule has 125 heavy (non-hydrogen) atoms. The zero-order valence-electron chi connectivity index (χ0n) is 67.9. The Kier molecular flexibility index (Phi) is 18.2. The third-order valence-electron chi connectivity index (χ3n) is 24.5. The standard InChI is InChI=1S/C64H43N5.C51H33N5/c1-6-21-44(22-7-1)61-65-62(47-23-20-30-51(41-47)64(48-24-8-2-9-25-48,49-26-10-3-11-27-49)50-28-12-4-13-29-50)67-63(66-61)69-58-36-19-17-34-54(58)56-43-46(38-40-60(56)69)45-37-39-59-55(42-45)53-33-16-18-35-57(53)68(59)52-31-14-5-15-32-52;1-4-14-34(15-5-1)49-52-50(35-16-6-2-7-17-35)54-51(53-49)36-24-28-40(29-25-36)56-46-23-13-11-21-42(46)44-33-38(27-31-48(44)56)37-26-30-47-43(32-37)41-20-10-12-22-45(41)55(47)39-18-8-3-9-19-39/h1-43H;1-33H. The SMILES string of the molecule is c1ccc(-c2nc(-c3cccc(C(c4ccccc4)(c4ccccc4)c4ccccc4)c3)nc(-n3c4ccccc4c4cc(-c5ccc6c(c5)c5ccccc5n6-c5ccccc5)ccc43)n2)cc1.c1ccc(-c2nc(-c3ccccc3)nc(-c3ccc(-n4c5ccccc5c5cc(-c6ccc7c(c6)c6ccccc6n7-c6ccccc6)ccc54)cc3)n2)cc1. The monoisotopic (exact) mass is 1600 g/mol. The van der Waals surface area contributed by atoms with Crippen LogP contribution in [0, 0.1) is 0 Å². The van der Waals surface area contributed by atoms with Crippen LogP contribution in [0.3, 0.4) is 0 Å². The fourth-order valence-corrected chi connectivity index (χ4v) is 18.8. The lowest BCUT2D eigenvalue weighted by Crippen LogP contribution is -2.31. The Bertz CT molecular complexity index is 8020. The lowest BCUT2D eigenvalue weighted by Gasteiger charge is -2.37. The summed E-state index contributed by atoms with van der Waals surface area (Å²) in [5.41, 5.74) is 25.8. The summed E-state index contributed by atoms with van der Waals surface area (Å²) in [6.45, 7) is 0. The summed E-state index contributed by atoms with van der Waals surface area (Å²) in [6.07, 6.45) is 0. The van der Waals surface area contributed by atoms with E-state index in [1.807, 2.05) is 78.9 Å². The minimum atomic E-state index is -0.633. The smallest absolute Gasteiger partial charge is 0.238 e. The third-order valence-corrected chi connectivity index (χ3v) is 24.5. The van der Waals surface area contributed by atoms with E-state index < -0.39 is 5.41 Å². The van der Waals surface area contributed by atoms with Gasteiger partial charge in [0.25, 0.3) is 0 Å². The quantitative estimate of drug-likeness (QED) is 0.0949. The molecule has 10 nitrogen and oxygen atoms in total. The molecule has 0 aliphatic heterocycles. The van der Waals surface area contributed by atoms with E-state index in [0.717, 1.165) is 94.4 Å². The molecule has 0 N–H and O–H groups in total. The molecule has 0 unspecified atom stereocenters. The second-order valence-electron chi connectivity index (χ2n) is 31.7. The molecule has 0 bridgehead atoms. The first-order chi connectivity index (χ1) is 62.0. The van der Waals surface area contributed by atoms with Crippen molar-refractivity contribution in [2.24, 2.45) is 0 Å². The normalized spacial score (nSPS) is 11.7. The third kappa shape index (κ3) is 12.9. The Labute approximate surface area is 721 Å². The number of benzene rings is 18. The average molecular weight is 1600 g/mol. The Morgan fingerprint density at radius 1 is 0.144 bits per heavy atom. The topological polar surface area (TPSA) is 97.1 Å². The molecule has 0 aliphatic rings. The molecular formula is C115H76N10. The maximum atomic E-state index is 5.42. The van der Waals surface area contributed by atoms with Gasteiger partial charge in [0.2, 0.25) is 5.95 Å². The number of rotatable bonds is 15. The average Bonchev–Trinajstić information content (AvgIpc) is 1.69. The molecule has 10 heteroatoms. The van der Waals surface area contributed by atoms with Gasteiger partial charge in [-0.05, 0) is 172 Å². The molecule has 0 saturated carbocycles. The van der Waals surface area contributed by atoms with Crippen LogP contribution in [0.25, 0.3) is 189 Å². The van der Waals surface area contributed by atoms with Crippen LogP contribution in [0.15, 0.2) is 461 Å². The van der Waals surface area contributed by atoms with E-state index in [2.05, 4.69) is 400 Å². The van der Waals surface area contributed by atoms with Crippen LogP contribution in [0.1, 0.15) is 22.3 Å². The first-order valence-corrected chi connectivity index (χ1v) is 42.3. The van der Waals surface area contributed by atoms with E-state index >= 15 is 0 Å². The molecule has 24 aromatic rings. The molecule has 0 spiro atoms. The largest absolute Gasteiger partial charge is 0.309 e. The van der Waals surface area contributed by atoms with Crippen molar-refractivity contribution in [3.63, 3.8) is 0 Å². The lowest BCUT2D eigenvalue weighted by atomic mass is 9.65. The molecule has 0 atom stereocenters. The summed E-state index contributed by atoms with van der Waals surface area (Å²) in [4.78, 5) is 30.8. The second-order valence-corrected chi connectivity index (χ2v) is 31.7. The summed E-state index contributed by atoms with van der Waals surface area (Å²) >= 11 is 0. The first kappa shape index (κ1) is 73.3. The fraction of sp³-hybridized carbons (Fsp3) is 0.00870. The maximum absolute atomic E-state index is 5.42. The Hall–Kier alpha value is -16.8. The highest BCUT2D eigenvalue weighted by molar-refractivity contribution is 6.15. The minimum absolute atomic E-state index is 0.554. The fourth-order valence-electron chi connectivity index (χ4n) is 18.8. The van der Waals surface area contributed by atoms with Crippen molar-refractivity contribution >= 4 is 87.2 Å². The summed E-state index contributed by atoms with van der Waals surface area (Å²) in [5, 5.41) is 9.62. The van der Waals surface area contributed by atoms with Crippen molar-refractivity contribution in [2.75, 3.05) is 0 Å². The molecule has 586 valence electrons. The van der Waals surface area contributed by atoms with E-state index in [-0.39, 0.29) is 0 Å². The van der Waals surface area contributed by atoms with Crippen molar-refractivity contribution in [1.82, 2.24) is 48.2 Å². The van der Waals surface area contributed by atoms with Gasteiger partial charge < -0.3 is 13.7 Å². The molecule has 6 heterocycles. The van der Waals surface area contributed by atoms with Gasteiger partial charge >= 0.3 is 0 Å². The number of aromatic nitrogens is 10. The van der Waals surface area contributed by atoms with E-state index in [9.17, 15) is 0 Å². The molecule has 0 radical (unpaired) electrons.